The first-order valence-electron chi connectivity index (χ1n) is 5.87. The van der Waals surface area contributed by atoms with Crippen molar-refractivity contribution in [2.45, 2.75) is 6.92 Å². The Morgan fingerprint density at radius 3 is 2.60 bits per heavy atom. The van der Waals surface area contributed by atoms with Gasteiger partial charge in [0.15, 0.2) is 0 Å². The first kappa shape index (κ1) is 14.0. The molecule has 0 unspecified atom stereocenters. The molecule has 0 amide bonds. The van der Waals surface area contributed by atoms with Crippen molar-refractivity contribution in [1.29, 1.82) is 0 Å². The van der Waals surface area contributed by atoms with Gasteiger partial charge in [-0.25, -0.2) is 0 Å². The van der Waals surface area contributed by atoms with Crippen LogP contribution in [0.25, 0.3) is 0 Å². The molecule has 2 aromatic rings. The van der Waals surface area contributed by atoms with Crippen molar-refractivity contribution in [2.24, 2.45) is 5.10 Å². The lowest BCUT2D eigenvalue weighted by atomic mass is 10.1. The highest BCUT2D eigenvalue weighted by atomic mass is 35.5. The maximum atomic E-state index is 10.7. The van der Waals surface area contributed by atoms with Gasteiger partial charge in [-0.2, -0.15) is 5.10 Å². The van der Waals surface area contributed by atoms with Crippen LogP contribution in [0.5, 0.6) is 0 Å². The second kappa shape index (κ2) is 6.16. The Bertz CT molecular complexity index is 654. The standard InChI is InChI=1S/C14H12ClN3O2/c1-10(11-5-7-12(15)8-6-11)16-17-13-3-2-4-14(9-13)18(19)20/h2-9,17H,1H3/b16-10-. The molecule has 20 heavy (non-hydrogen) atoms. The SMILES string of the molecule is C/C(=N/Nc1cccc([N+](=O)[O-])c1)c1ccc(Cl)cc1. The number of non-ortho nitro benzene ring substituents is 1. The second-order valence-corrected chi connectivity index (χ2v) is 4.56. The maximum absolute atomic E-state index is 10.7. The smallest absolute Gasteiger partial charge is 0.271 e. The normalized spacial score (nSPS) is 11.2. The first-order valence-corrected chi connectivity index (χ1v) is 6.25. The van der Waals surface area contributed by atoms with Crippen LogP contribution in [0.4, 0.5) is 11.4 Å². The summed E-state index contributed by atoms with van der Waals surface area (Å²) < 4.78 is 0. The van der Waals surface area contributed by atoms with Crippen LogP contribution in [0, 0.1) is 10.1 Å². The van der Waals surface area contributed by atoms with E-state index in [1.54, 1.807) is 24.3 Å². The topological polar surface area (TPSA) is 67.5 Å². The highest BCUT2D eigenvalue weighted by Gasteiger charge is 2.05. The molecule has 1 N–H and O–H groups in total. The van der Waals surface area contributed by atoms with E-state index in [9.17, 15) is 10.1 Å². The summed E-state index contributed by atoms with van der Waals surface area (Å²) in [5, 5.41) is 15.5. The molecule has 0 saturated carbocycles. The molecule has 2 aromatic carbocycles. The summed E-state index contributed by atoms with van der Waals surface area (Å²) in [7, 11) is 0. The Balaban J connectivity index is 2.14. The third-order valence-electron chi connectivity index (χ3n) is 2.67. The van der Waals surface area contributed by atoms with Crippen molar-refractivity contribution in [1.82, 2.24) is 0 Å². The molecule has 5 nitrogen and oxygen atoms in total. The first-order chi connectivity index (χ1) is 9.56. The Kier molecular flexibility index (Phi) is 4.32. The minimum atomic E-state index is -0.444. The van der Waals surface area contributed by atoms with E-state index in [4.69, 9.17) is 11.6 Å². The molecule has 0 fully saturated rings. The summed E-state index contributed by atoms with van der Waals surface area (Å²) >= 11 is 5.82. The van der Waals surface area contributed by atoms with Crippen molar-refractivity contribution in [3.63, 3.8) is 0 Å². The number of hydrogen-bond donors (Lipinski definition) is 1. The second-order valence-electron chi connectivity index (χ2n) is 4.12. The van der Waals surface area contributed by atoms with Gasteiger partial charge in [-0.15, -0.1) is 0 Å². The van der Waals surface area contributed by atoms with Crippen molar-refractivity contribution in [2.75, 3.05) is 5.43 Å². The van der Waals surface area contributed by atoms with Crippen molar-refractivity contribution in [3.8, 4) is 0 Å². The minimum Gasteiger partial charge on any atom is -0.278 e. The summed E-state index contributed by atoms with van der Waals surface area (Å²) in [6.07, 6.45) is 0. The van der Waals surface area contributed by atoms with E-state index in [0.29, 0.717) is 10.7 Å². The maximum Gasteiger partial charge on any atom is 0.271 e. The van der Waals surface area contributed by atoms with Crippen LogP contribution < -0.4 is 5.43 Å². The number of nitro benzene ring substituents is 1. The number of hydrazone groups is 1. The summed E-state index contributed by atoms with van der Waals surface area (Å²) in [6, 6.07) is 13.5. The van der Waals surface area contributed by atoms with Crippen LogP contribution in [0.15, 0.2) is 53.6 Å². The van der Waals surface area contributed by atoms with Gasteiger partial charge in [0.25, 0.3) is 5.69 Å². The molecule has 102 valence electrons. The average Bonchev–Trinajstić information content (AvgIpc) is 2.46. The average molecular weight is 290 g/mol. The third-order valence-corrected chi connectivity index (χ3v) is 2.92. The van der Waals surface area contributed by atoms with E-state index in [2.05, 4.69) is 10.5 Å². The van der Waals surface area contributed by atoms with E-state index < -0.39 is 4.92 Å². The zero-order chi connectivity index (χ0) is 14.5. The van der Waals surface area contributed by atoms with E-state index in [0.717, 1.165) is 11.3 Å². The van der Waals surface area contributed by atoms with Crippen molar-refractivity contribution >= 4 is 28.7 Å². The number of anilines is 1. The summed E-state index contributed by atoms with van der Waals surface area (Å²) in [5.74, 6) is 0. The number of rotatable bonds is 4. The predicted octanol–water partition coefficient (Wildman–Crippen LogP) is 4.08. The van der Waals surface area contributed by atoms with Crippen molar-refractivity contribution in [3.05, 3.63) is 69.2 Å². The molecule has 0 atom stereocenters. The Labute approximate surface area is 121 Å². The molecule has 0 saturated heterocycles. The lowest BCUT2D eigenvalue weighted by molar-refractivity contribution is -0.384. The van der Waals surface area contributed by atoms with Crippen LogP contribution in [-0.4, -0.2) is 10.6 Å². The van der Waals surface area contributed by atoms with Crippen LogP contribution in [-0.2, 0) is 0 Å². The lowest BCUT2D eigenvalue weighted by Crippen LogP contribution is -1.99. The summed E-state index contributed by atoms with van der Waals surface area (Å²) in [5.41, 5.74) is 5.07. The summed E-state index contributed by atoms with van der Waals surface area (Å²) in [6.45, 7) is 1.84. The molecule has 0 bridgehead atoms. The molecule has 0 spiro atoms. The van der Waals surface area contributed by atoms with E-state index >= 15 is 0 Å². The zero-order valence-corrected chi connectivity index (χ0v) is 11.5. The molecule has 0 aliphatic rings. The van der Waals surface area contributed by atoms with Gasteiger partial charge >= 0.3 is 0 Å². The van der Waals surface area contributed by atoms with Crippen LogP contribution in [0.1, 0.15) is 12.5 Å². The Morgan fingerprint density at radius 2 is 1.95 bits per heavy atom. The Morgan fingerprint density at radius 1 is 1.25 bits per heavy atom. The van der Waals surface area contributed by atoms with Gasteiger partial charge in [0.2, 0.25) is 0 Å². The van der Waals surface area contributed by atoms with Crippen molar-refractivity contribution < 1.29 is 4.92 Å². The molecule has 0 aliphatic carbocycles. The van der Waals surface area contributed by atoms with Gasteiger partial charge in [-0.3, -0.25) is 15.5 Å². The minimum absolute atomic E-state index is 0.0225. The number of nitrogens with zero attached hydrogens (tertiary/aromatic N) is 2. The van der Waals surface area contributed by atoms with Crippen LogP contribution >= 0.6 is 11.6 Å². The van der Waals surface area contributed by atoms with Gasteiger partial charge in [-0.1, -0.05) is 29.8 Å². The number of hydrogen-bond acceptors (Lipinski definition) is 4. The molecule has 0 aliphatic heterocycles. The molecular weight excluding hydrogens is 278 g/mol. The quantitative estimate of drug-likeness (QED) is 0.524. The van der Waals surface area contributed by atoms with Crippen LogP contribution in [0.2, 0.25) is 5.02 Å². The van der Waals surface area contributed by atoms with Crippen LogP contribution in [0.3, 0.4) is 0 Å². The number of nitro groups is 1. The van der Waals surface area contributed by atoms with Gasteiger partial charge in [0, 0.05) is 17.2 Å². The number of halogens is 1. The molecule has 0 aromatic heterocycles. The molecule has 2 rings (SSSR count). The molecular formula is C14H12ClN3O2. The fourth-order valence-corrected chi connectivity index (χ4v) is 1.72. The summed E-state index contributed by atoms with van der Waals surface area (Å²) in [4.78, 5) is 10.2. The number of benzene rings is 2. The monoisotopic (exact) mass is 289 g/mol. The fraction of sp³-hybridized carbons (Fsp3) is 0.0714. The van der Waals surface area contributed by atoms with Gasteiger partial charge in [0.1, 0.15) is 0 Å². The fourth-order valence-electron chi connectivity index (χ4n) is 1.59. The zero-order valence-electron chi connectivity index (χ0n) is 10.7. The highest BCUT2D eigenvalue weighted by molar-refractivity contribution is 6.30. The predicted molar refractivity (Wildman–Crippen MR) is 80.4 cm³/mol. The van der Waals surface area contributed by atoms with E-state index in [-0.39, 0.29) is 5.69 Å². The van der Waals surface area contributed by atoms with Gasteiger partial charge < -0.3 is 0 Å². The largest absolute Gasteiger partial charge is 0.278 e. The van der Waals surface area contributed by atoms with Gasteiger partial charge in [-0.05, 0) is 30.7 Å². The number of nitrogens with one attached hydrogen (secondary N) is 1. The Hall–Kier alpha value is -2.40. The molecule has 0 radical (unpaired) electrons. The molecule has 6 heteroatoms. The molecule has 0 heterocycles. The van der Waals surface area contributed by atoms with E-state index in [1.807, 2.05) is 19.1 Å². The van der Waals surface area contributed by atoms with E-state index in [1.165, 1.54) is 12.1 Å². The lowest BCUT2D eigenvalue weighted by Gasteiger charge is -2.03. The van der Waals surface area contributed by atoms with Gasteiger partial charge in [0.05, 0.1) is 16.3 Å². The highest BCUT2D eigenvalue weighted by Crippen LogP contribution is 2.17. The third kappa shape index (κ3) is 3.55.